The number of rotatable bonds is 5. The van der Waals surface area contributed by atoms with Crippen molar-refractivity contribution in [3.63, 3.8) is 0 Å². The van der Waals surface area contributed by atoms with Crippen LogP contribution in [0.2, 0.25) is 0 Å². The first kappa shape index (κ1) is 11.4. The fraction of sp³-hybridized carbons (Fsp3) is 0.857. The topological polar surface area (TPSA) is 81.8 Å². The van der Waals surface area contributed by atoms with Crippen LogP contribution < -0.4 is 5.73 Å². The van der Waals surface area contributed by atoms with E-state index < -0.39 is 18.3 Å². The Labute approximate surface area is 71.5 Å². The lowest BCUT2D eigenvalue weighted by molar-refractivity contribution is -0.143. The number of esters is 1. The van der Waals surface area contributed by atoms with Crippen LogP contribution in [0, 0.1) is 0 Å². The smallest absolute Gasteiger partial charge is 0.322 e. The van der Waals surface area contributed by atoms with E-state index in [1.165, 1.54) is 14.2 Å². The highest BCUT2D eigenvalue weighted by Gasteiger charge is 2.14. The molecule has 0 fully saturated rings. The molecule has 0 bridgehead atoms. The Hall–Kier alpha value is -0.650. The first-order chi connectivity index (χ1) is 5.61. The van der Waals surface area contributed by atoms with Crippen molar-refractivity contribution in [2.45, 2.75) is 25.2 Å². The van der Waals surface area contributed by atoms with Gasteiger partial charge >= 0.3 is 5.97 Å². The Morgan fingerprint density at radius 2 is 2.08 bits per heavy atom. The summed E-state index contributed by atoms with van der Waals surface area (Å²) in [6.45, 7) is 0. The van der Waals surface area contributed by atoms with Gasteiger partial charge in [0.05, 0.1) is 7.11 Å². The average molecular weight is 177 g/mol. The van der Waals surface area contributed by atoms with Gasteiger partial charge in [-0.2, -0.15) is 0 Å². The largest absolute Gasteiger partial charge is 0.468 e. The molecule has 0 saturated carbocycles. The monoisotopic (exact) mass is 177 g/mol. The number of methoxy groups -OCH3 is 2. The minimum Gasteiger partial charge on any atom is -0.468 e. The Morgan fingerprint density at radius 1 is 1.50 bits per heavy atom. The van der Waals surface area contributed by atoms with E-state index in [-0.39, 0.29) is 0 Å². The third kappa shape index (κ3) is 4.27. The summed E-state index contributed by atoms with van der Waals surface area (Å²) >= 11 is 0. The van der Waals surface area contributed by atoms with Crippen LogP contribution in [0.25, 0.3) is 0 Å². The molecule has 3 N–H and O–H groups in total. The molecule has 0 saturated heterocycles. The average Bonchev–Trinajstić information content (AvgIpc) is 2.11. The maximum Gasteiger partial charge on any atom is 0.322 e. The number of aliphatic hydroxyl groups excluding tert-OH is 1. The summed E-state index contributed by atoms with van der Waals surface area (Å²) in [4.78, 5) is 10.7. The molecular formula is C7H15NO4. The Morgan fingerprint density at radius 3 is 2.50 bits per heavy atom. The van der Waals surface area contributed by atoms with Gasteiger partial charge in [0.15, 0.2) is 6.29 Å². The molecule has 0 aliphatic carbocycles. The number of hydrogen-bond acceptors (Lipinski definition) is 5. The normalized spacial score (nSPS) is 15.3. The summed E-state index contributed by atoms with van der Waals surface area (Å²) in [5.41, 5.74) is 5.39. The molecular weight excluding hydrogens is 162 g/mol. The molecule has 0 aromatic rings. The summed E-state index contributed by atoms with van der Waals surface area (Å²) < 4.78 is 8.95. The van der Waals surface area contributed by atoms with E-state index in [1.54, 1.807) is 0 Å². The lowest BCUT2D eigenvalue weighted by Crippen LogP contribution is -2.32. The van der Waals surface area contributed by atoms with E-state index in [4.69, 9.17) is 10.8 Å². The van der Waals surface area contributed by atoms with E-state index in [9.17, 15) is 4.79 Å². The first-order valence-electron chi connectivity index (χ1n) is 3.66. The van der Waals surface area contributed by atoms with Gasteiger partial charge in [-0.3, -0.25) is 4.79 Å². The molecule has 2 unspecified atom stereocenters. The van der Waals surface area contributed by atoms with E-state index in [0.29, 0.717) is 12.8 Å². The van der Waals surface area contributed by atoms with Crippen molar-refractivity contribution < 1.29 is 19.4 Å². The molecule has 5 heteroatoms. The molecule has 0 spiro atoms. The predicted octanol–water partition coefficient (Wildman–Crippen LogP) is -0.768. The van der Waals surface area contributed by atoms with Gasteiger partial charge in [-0.25, -0.2) is 0 Å². The maximum absolute atomic E-state index is 10.7. The van der Waals surface area contributed by atoms with Crippen molar-refractivity contribution in [3.05, 3.63) is 0 Å². The van der Waals surface area contributed by atoms with Crippen LogP contribution in [0.1, 0.15) is 12.8 Å². The van der Waals surface area contributed by atoms with Crippen molar-refractivity contribution in [1.82, 2.24) is 0 Å². The van der Waals surface area contributed by atoms with Crippen molar-refractivity contribution in [2.75, 3.05) is 14.2 Å². The van der Waals surface area contributed by atoms with Crippen LogP contribution in [0.3, 0.4) is 0 Å². The molecule has 0 aliphatic rings. The fourth-order valence-electron chi connectivity index (χ4n) is 0.709. The molecule has 0 rings (SSSR count). The van der Waals surface area contributed by atoms with Crippen molar-refractivity contribution in [2.24, 2.45) is 5.73 Å². The molecule has 0 aliphatic heterocycles. The molecule has 2 atom stereocenters. The Kier molecular flexibility index (Phi) is 5.61. The number of hydrogen-bond donors (Lipinski definition) is 2. The predicted molar refractivity (Wildman–Crippen MR) is 42.2 cm³/mol. The molecule has 0 heterocycles. The highest BCUT2D eigenvalue weighted by atomic mass is 16.6. The van der Waals surface area contributed by atoms with Gasteiger partial charge in [-0.15, -0.1) is 0 Å². The fourth-order valence-corrected chi connectivity index (χ4v) is 0.709. The molecule has 5 nitrogen and oxygen atoms in total. The standard InChI is InChI=1S/C7H15NO4/c1-11-6(9)4-3-5(8)7(10)12-2/h5-6,9H,3-4,8H2,1-2H3. The van der Waals surface area contributed by atoms with Gasteiger partial charge in [0.1, 0.15) is 6.04 Å². The van der Waals surface area contributed by atoms with Crippen LogP contribution in [0.4, 0.5) is 0 Å². The molecule has 0 amide bonds. The minimum absolute atomic E-state index is 0.326. The Balaban J connectivity index is 3.56. The van der Waals surface area contributed by atoms with Crippen LogP contribution in [-0.2, 0) is 14.3 Å². The number of ether oxygens (including phenoxy) is 2. The quantitative estimate of drug-likeness (QED) is 0.426. The van der Waals surface area contributed by atoms with E-state index in [1.807, 2.05) is 0 Å². The highest BCUT2D eigenvalue weighted by Crippen LogP contribution is 2.01. The summed E-state index contributed by atoms with van der Waals surface area (Å²) in [5, 5.41) is 8.93. The summed E-state index contributed by atoms with van der Waals surface area (Å²) in [5.74, 6) is -0.474. The van der Waals surface area contributed by atoms with Gasteiger partial charge in [0.25, 0.3) is 0 Å². The lowest BCUT2D eigenvalue weighted by atomic mass is 10.1. The molecule has 12 heavy (non-hydrogen) atoms. The van der Waals surface area contributed by atoms with Gasteiger partial charge in [-0.05, 0) is 6.42 Å². The third-order valence-corrected chi connectivity index (χ3v) is 1.50. The number of carbonyl (C=O) groups is 1. The minimum atomic E-state index is -0.860. The summed E-state index contributed by atoms with van der Waals surface area (Å²) in [6, 6.07) is -0.681. The lowest BCUT2D eigenvalue weighted by Gasteiger charge is -2.11. The molecule has 0 radical (unpaired) electrons. The summed E-state index contributed by atoms with van der Waals surface area (Å²) in [7, 11) is 2.66. The second kappa shape index (κ2) is 5.93. The Bertz CT molecular complexity index is 139. The van der Waals surface area contributed by atoms with Crippen LogP contribution in [0.15, 0.2) is 0 Å². The number of nitrogens with two attached hydrogens (primary N) is 1. The zero-order valence-electron chi connectivity index (χ0n) is 7.32. The maximum atomic E-state index is 10.7. The SMILES string of the molecule is COC(=O)C(N)CCC(O)OC. The zero-order chi connectivity index (χ0) is 9.56. The third-order valence-electron chi connectivity index (χ3n) is 1.50. The van der Waals surface area contributed by atoms with E-state index >= 15 is 0 Å². The van der Waals surface area contributed by atoms with E-state index in [0.717, 1.165) is 0 Å². The van der Waals surface area contributed by atoms with Gasteiger partial charge in [0.2, 0.25) is 0 Å². The van der Waals surface area contributed by atoms with Crippen molar-refractivity contribution in [1.29, 1.82) is 0 Å². The van der Waals surface area contributed by atoms with E-state index in [2.05, 4.69) is 9.47 Å². The number of carbonyl (C=O) groups excluding carboxylic acids is 1. The zero-order valence-corrected chi connectivity index (χ0v) is 7.32. The molecule has 0 aromatic carbocycles. The van der Waals surface area contributed by atoms with Gasteiger partial charge < -0.3 is 20.3 Å². The second-order valence-corrected chi connectivity index (χ2v) is 2.40. The molecule has 72 valence electrons. The van der Waals surface area contributed by atoms with Gasteiger partial charge in [0, 0.05) is 13.5 Å². The van der Waals surface area contributed by atoms with Crippen molar-refractivity contribution in [3.8, 4) is 0 Å². The van der Waals surface area contributed by atoms with Crippen LogP contribution >= 0.6 is 0 Å². The number of aliphatic hydroxyl groups is 1. The first-order valence-corrected chi connectivity index (χ1v) is 3.66. The van der Waals surface area contributed by atoms with Crippen molar-refractivity contribution >= 4 is 5.97 Å². The highest BCUT2D eigenvalue weighted by molar-refractivity contribution is 5.75. The second-order valence-electron chi connectivity index (χ2n) is 2.40. The van der Waals surface area contributed by atoms with Gasteiger partial charge in [-0.1, -0.05) is 0 Å². The summed E-state index contributed by atoms with van der Waals surface area (Å²) in [6.07, 6.45) is -0.185. The van der Waals surface area contributed by atoms with Crippen LogP contribution in [0.5, 0.6) is 0 Å². The van der Waals surface area contributed by atoms with Crippen LogP contribution in [-0.4, -0.2) is 37.6 Å². The molecule has 0 aromatic heterocycles.